The molecule has 0 aliphatic rings. The average molecular weight is 240 g/mol. The Morgan fingerprint density at radius 1 is 1.53 bits per heavy atom. The van der Waals surface area contributed by atoms with E-state index in [9.17, 15) is 0 Å². The first-order chi connectivity index (χ1) is 7.99. The van der Waals surface area contributed by atoms with Crippen LogP contribution in [-0.2, 0) is 0 Å². The van der Waals surface area contributed by atoms with Gasteiger partial charge in [-0.05, 0) is 12.8 Å². The van der Waals surface area contributed by atoms with Crippen molar-refractivity contribution >= 4 is 6.21 Å². The first kappa shape index (κ1) is 15.5. The molecule has 0 amide bonds. The van der Waals surface area contributed by atoms with E-state index in [0.717, 1.165) is 19.2 Å². The van der Waals surface area contributed by atoms with Crippen molar-refractivity contribution in [3.63, 3.8) is 0 Å². The monoisotopic (exact) mass is 240 g/mol. The Bertz CT molecular complexity index is 296. The van der Waals surface area contributed by atoms with Crippen LogP contribution < -0.4 is 22.6 Å². The fraction of sp³-hybridized carbons (Fsp3) is 0.545. The van der Waals surface area contributed by atoms with Crippen molar-refractivity contribution in [3.8, 4) is 0 Å². The highest BCUT2D eigenvalue weighted by Crippen LogP contribution is 2.11. The Kier molecular flexibility index (Phi) is 7.00. The highest BCUT2D eigenvalue weighted by molar-refractivity contribution is 5.82. The number of allylic oxidation sites excluding steroid dienone is 1. The van der Waals surface area contributed by atoms with Gasteiger partial charge in [-0.2, -0.15) is 0 Å². The maximum atomic E-state index is 7.36. The van der Waals surface area contributed by atoms with E-state index in [4.69, 9.17) is 22.7 Å². The molecule has 0 radical (unpaired) electrons. The third-order valence-electron chi connectivity index (χ3n) is 2.40. The number of rotatable bonds is 8. The Morgan fingerprint density at radius 3 is 2.53 bits per heavy atom. The van der Waals surface area contributed by atoms with Crippen LogP contribution in [0.25, 0.3) is 0 Å². The summed E-state index contributed by atoms with van der Waals surface area (Å²) < 4.78 is 0. The topological polar surface area (TPSA) is 117 Å². The van der Waals surface area contributed by atoms with Crippen LogP contribution in [0.1, 0.15) is 26.7 Å². The molecule has 8 N–H and O–H groups in total. The van der Waals surface area contributed by atoms with Crippen molar-refractivity contribution in [3.05, 3.63) is 23.7 Å². The zero-order valence-corrected chi connectivity index (χ0v) is 10.7. The minimum Gasteiger partial charge on any atom is -0.385 e. The zero-order chi connectivity index (χ0) is 13.4. The second-order valence-corrected chi connectivity index (χ2v) is 3.73. The second kappa shape index (κ2) is 7.70. The lowest BCUT2D eigenvalue weighted by atomic mass is 10.2. The van der Waals surface area contributed by atoms with Gasteiger partial charge in [0.15, 0.2) is 0 Å². The van der Waals surface area contributed by atoms with Crippen molar-refractivity contribution in [2.45, 2.75) is 32.9 Å². The molecule has 0 saturated heterocycles. The van der Waals surface area contributed by atoms with Crippen LogP contribution in [0.2, 0.25) is 0 Å². The van der Waals surface area contributed by atoms with Crippen LogP contribution in [0.15, 0.2) is 23.7 Å². The van der Waals surface area contributed by atoms with Crippen molar-refractivity contribution in [1.82, 2.24) is 10.3 Å². The van der Waals surface area contributed by atoms with Crippen LogP contribution in [-0.4, -0.2) is 23.9 Å². The van der Waals surface area contributed by atoms with E-state index in [1.165, 1.54) is 5.01 Å². The van der Waals surface area contributed by atoms with Crippen molar-refractivity contribution < 1.29 is 0 Å². The molecule has 1 atom stereocenters. The highest BCUT2D eigenvalue weighted by atomic mass is 15.5. The van der Waals surface area contributed by atoms with Crippen LogP contribution in [0.3, 0.4) is 0 Å². The lowest BCUT2D eigenvalue weighted by Crippen LogP contribution is -2.46. The number of hydrazine groups is 1. The SMILES string of the molecule is C=C(/C(C=N)=C(\N)NCCC)N(N)C(N)CC. The molecule has 6 heteroatoms. The van der Waals surface area contributed by atoms with Gasteiger partial charge in [0.05, 0.1) is 17.4 Å². The number of hydrogen-bond acceptors (Lipinski definition) is 6. The Hall–Kier alpha value is -1.53. The fourth-order valence-corrected chi connectivity index (χ4v) is 1.21. The Balaban J connectivity index is 4.87. The standard InChI is InChI=1S/C11H24N6/c1-4-6-16-11(14)9(7-12)8(3)17(15)10(13)5-2/h7,10,12,16H,3-6,13-15H2,1-2H3/b11-9+,12-7?. The van der Waals surface area contributed by atoms with Gasteiger partial charge in [0.1, 0.15) is 5.82 Å². The molecule has 0 aliphatic heterocycles. The molecule has 1 unspecified atom stereocenters. The van der Waals surface area contributed by atoms with Crippen LogP contribution in [0, 0.1) is 5.41 Å². The van der Waals surface area contributed by atoms with Gasteiger partial charge in [-0.25, -0.2) is 5.84 Å². The molecule has 0 spiro atoms. The van der Waals surface area contributed by atoms with Crippen LogP contribution in [0.5, 0.6) is 0 Å². The predicted octanol–water partition coefficient (Wildman–Crippen LogP) is 0.190. The van der Waals surface area contributed by atoms with Gasteiger partial charge in [-0.3, -0.25) is 5.01 Å². The maximum absolute atomic E-state index is 7.36. The zero-order valence-electron chi connectivity index (χ0n) is 10.7. The smallest absolute Gasteiger partial charge is 0.107 e. The predicted molar refractivity (Wildman–Crippen MR) is 71.7 cm³/mol. The first-order valence-corrected chi connectivity index (χ1v) is 5.72. The summed E-state index contributed by atoms with van der Waals surface area (Å²) in [5.41, 5.74) is 12.5. The lowest BCUT2D eigenvalue weighted by molar-refractivity contribution is 0.265. The molecular formula is C11H24N6. The average Bonchev–Trinajstić information content (AvgIpc) is 2.34. The summed E-state index contributed by atoms with van der Waals surface area (Å²) in [6.07, 6.45) is 2.42. The summed E-state index contributed by atoms with van der Waals surface area (Å²) in [6.45, 7) is 8.50. The van der Waals surface area contributed by atoms with Crippen molar-refractivity contribution in [1.29, 1.82) is 5.41 Å². The minimum atomic E-state index is -0.337. The van der Waals surface area contributed by atoms with E-state index < -0.39 is 0 Å². The summed E-state index contributed by atoms with van der Waals surface area (Å²) in [6, 6.07) is 0. The minimum absolute atomic E-state index is 0.337. The van der Waals surface area contributed by atoms with E-state index in [1.54, 1.807) is 0 Å². The van der Waals surface area contributed by atoms with Gasteiger partial charge in [0, 0.05) is 12.8 Å². The summed E-state index contributed by atoms with van der Waals surface area (Å²) in [5, 5.41) is 11.7. The molecule has 6 nitrogen and oxygen atoms in total. The van der Waals surface area contributed by atoms with Crippen LogP contribution >= 0.6 is 0 Å². The summed E-state index contributed by atoms with van der Waals surface area (Å²) in [5.74, 6) is 6.20. The molecule has 17 heavy (non-hydrogen) atoms. The van der Waals surface area contributed by atoms with Gasteiger partial charge in [0.2, 0.25) is 0 Å². The molecule has 0 saturated carbocycles. The molecule has 0 bridgehead atoms. The normalized spacial score (nSPS) is 13.6. The van der Waals surface area contributed by atoms with E-state index in [-0.39, 0.29) is 6.17 Å². The third kappa shape index (κ3) is 4.46. The Morgan fingerprint density at radius 2 is 2.12 bits per heavy atom. The van der Waals surface area contributed by atoms with E-state index in [0.29, 0.717) is 23.5 Å². The Labute approximate surface area is 103 Å². The molecule has 0 fully saturated rings. The molecule has 98 valence electrons. The van der Waals surface area contributed by atoms with Gasteiger partial charge in [-0.15, -0.1) is 0 Å². The summed E-state index contributed by atoms with van der Waals surface area (Å²) in [7, 11) is 0. The molecule has 0 aromatic heterocycles. The fourth-order valence-electron chi connectivity index (χ4n) is 1.21. The molecule has 0 aromatic carbocycles. The van der Waals surface area contributed by atoms with Gasteiger partial charge in [0.25, 0.3) is 0 Å². The number of nitrogens with zero attached hydrogens (tertiary/aromatic N) is 1. The van der Waals surface area contributed by atoms with E-state index in [2.05, 4.69) is 11.9 Å². The number of nitrogens with two attached hydrogens (primary N) is 3. The van der Waals surface area contributed by atoms with Gasteiger partial charge >= 0.3 is 0 Å². The van der Waals surface area contributed by atoms with Crippen LogP contribution in [0.4, 0.5) is 0 Å². The quantitative estimate of drug-likeness (QED) is 0.136. The van der Waals surface area contributed by atoms with E-state index in [1.807, 2.05) is 13.8 Å². The van der Waals surface area contributed by atoms with E-state index >= 15 is 0 Å². The lowest BCUT2D eigenvalue weighted by Gasteiger charge is -2.27. The molecule has 0 heterocycles. The number of hydrogen-bond donors (Lipinski definition) is 5. The second-order valence-electron chi connectivity index (χ2n) is 3.73. The summed E-state index contributed by atoms with van der Waals surface area (Å²) >= 11 is 0. The highest BCUT2D eigenvalue weighted by Gasteiger charge is 2.15. The largest absolute Gasteiger partial charge is 0.385 e. The molecule has 0 rings (SSSR count). The molecule has 0 aromatic rings. The molecule has 0 aliphatic carbocycles. The summed E-state index contributed by atoms with van der Waals surface area (Å²) in [4.78, 5) is 0. The van der Waals surface area contributed by atoms with Gasteiger partial charge < -0.3 is 22.2 Å². The van der Waals surface area contributed by atoms with Gasteiger partial charge in [-0.1, -0.05) is 20.4 Å². The number of nitrogens with one attached hydrogen (secondary N) is 2. The third-order valence-corrected chi connectivity index (χ3v) is 2.40. The van der Waals surface area contributed by atoms with Crippen molar-refractivity contribution in [2.75, 3.05) is 6.54 Å². The van der Waals surface area contributed by atoms with Crippen molar-refractivity contribution in [2.24, 2.45) is 17.3 Å². The first-order valence-electron chi connectivity index (χ1n) is 5.72. The molecular weight excluding hydrogens is 216 g/mol. The maximum Gasteiger partial charge on any atom is 0.107 e.